The first-order valence-electron chi connectivity index (χ1n) is 6.40. The molecule has 1 amide bonds. The van der Waals surface area contributed by atoms with Gasteiger partial charge in [-0.15, -0.1) is 0 Å². The first kappa shape index (κ1) is 13.6. The van der Waals surface area contributed by atoms with E-state index in [0.29, 0.717) is 31.4 Å². The molecular weight excluding hydrogens is 249 g/mol. The minimum atomic E-state index is -0.266. The summed E-state index contributed by atoms with van der Waals surface area (Å²) in [5.41, 5.74) is 0. The van der Waals surface area contributed by atoms with Crippen LogP contribution in [0.1, 0.15) is 12.8 Å². The number of carbonyl (C=O) groups excluding carboxylic acids is 1. The van der Waals surface area contributed by atoms with Crippen molar-refractivity contribution >= 4 is 6.09 Å². The molecule has 1 fully saturated rings. The van der Waals surface area contributed by atoms with Crippen molar-refractivity contribution in [3.8, 4) is 5.75 Å². The number of piperidine rings is 1. The second kappa shape index (κ2) is 6.41. The molecule has 4 nitrogen and oxygen atoms in total. The summed E-state index contributed by atoms with van der Waals surface area (Å²) in [7, 11) is 1.39. The van der Waals surface area contributed by atoms with Crippen LogP contribution in [0, 0.1) is 11.7 Å². The molecule has 0 spiro atoms. The molecule has 0 unspecified atom stereocenters. The Morgan fingerprint density at radius 1 is 1.32 bits per heavy atom. The number of amides is 1. The van der Waals surface area contributed by atoms with Crippen molar-refractivity contribution < 1.29 is 18.7 Å². The number of methoxy groups -OCH3 is 1. The monoisotopic (exact) mass is 267 g/mol. The fraction of sp³-hybridized carbons (Fsp3) is 0.500. The number of carbonyl (C=O) groups is 1. The molecule has 0 radical (unpaired) electrons. The molecular formula is C14H18FNO3. The van der Waals surface area contributed by atoms with Crippen molar-refractivity contribution in [2.75, 3.05) is 26.8 Å². The zero-order valence-electron chi connectivity index (χ0n) is 11.0. The molecule has 0 aliphatic carbocycles. The number of hydrogen-bond acceptors (Lipinski definition) is 3. The second-order valence-corrected chi connectivity index (χ2v) is 4.67. The Labute approximate surface area is 112 Å². The van der Waals surface area contributed by atoms with Gasteiger partial charge in [-0.2, -0.15) is 0 Å². The van der Waals surface area contributed by atoms with Crippen LogP contribution in [0.25, 0.3) is 0 Å². The number of halogens is 1. The fourth-order valence-electron chi connectivity index (χ4n) is 2.16. The highest BCUT2D eigenvalue weighted by molar-refractivity contribution is 5.67. The minimum absolute atomic E-state index is 0.265. The van der Waals surface area contributed by atoms with Crippen LogP contribution >= 0.6 is 0 Å². The molecule has 1 heterocycles. The van der Waals surface area contributed by atoms with Gasteiger partial charge in [0.2, 0.25) is 0 Å². The van der Waals surface area contributed by atoms with E-state index < -0.39 is 0 Å². The molecule has 19 heavy (non-hydrogen) atoms. The van der Waals surface area contributed by atoms with Gasteiger partial charge in [-0.05, 0) is 43.0 Å². The summed E-state index contributed by atoms with van der Waals surface area (Å²) < 4.78 is 23.0. The summed E-state index contributed by atoms with van der Waals surface area (Å²) >= 11 is 0. The predicted octanol–water partition coefficient (Wildman–Crippen LogP) is 2.68. The van der Waals surface area contributed by atoms with Crippen LogP contribution < -0.4 is 4.74 Å². The molecule has 0 saturated carbocycles. The summed E-state index contributed by atoms with van der Waals surface area (Å²) in [5.74, 6) is 0.835. The maximum absolute atomic E-state index is 12.7. The second-order valence-electron chi connectivity index (χ2n) is 4.67. The van der Waals surface area contributed by atoms with E-state index in [1.54, 1.807) is 17.0 Å². The number of rotatable bonds is 3. The summed E-state index contributed by atoms with van der Waals surface area (Å²) in [5, 5.41) is 0. The maximum Gasteiger partial charge on any atom is 0.409 e. The lowest BCUT2D eigenvalue weighted by molar-refractivity contribution is 0.0965. The van der Waals surface area contributed by atoms with Gasteiger partial charge in [0.05, 0.1) is 13.7 Å². The predicted molar refractivity (Wildman–Crippen MR) is 68.6 cm³/mol. The van der Waals surface area contributed by atoms with E-state index in [2.05, 4.69) is 4.74 Å². The van der Waals surface area contributed by atoms with Crippen LogP contribution in [0.15, 0.2) is 24.3 Å². The smallest absolute Gasteiger partial charge is 0.409 e. The highest BCUT2D eigenvalue weighted by Crippen LogP contribution is 2.20. The third-order valence-corrected chi connectivity index (χ3v) is 3.35. The third-order valence-electron chi connectivity index (χ3n) is 3.35. The number of hydrogen-bond donors (Lipinski definition) is 0. The molecule has 104 valence electrons. The van der Waals surface area contributed by atoms with E-state index in [9.17, 15) is 9.18 Å². The van der Waals surface area contributed by atoms with Crippen molar-refractivity contribution in [1.29, 1.82) is 0 Å². The van der Waals surface area contributed by atoms with Gasteiger partial charge in [0, 0.05) is 13.1 Å². The van der Waals surface area contributed by atoms with Crippen molar-refractivity contribution in [3.63, 3.8) is 0 Å². The quantitative estimate of drug-likeness (QED) is 0.845. The first-order valence-corrected chi connectivity index (χ1v) is 6.40. The summed E-state index contributed by atoms with van der Waals surface area (Å²) in [6, 6.07) is 6.02. The number of nitrogens with zero attached hydrogens (tertiary/aromatic N) is 1. The van der Waals surface area contributed by atoms with Gasteiger partial charge < -0.3 is 14.4 Å². The lowest BCUT2D eigenvalue weighted by Gasteiger charge is -2.30. The average molecular weight is 267 g/mol. The Hall–Kier alpha value is -1.78. The van der Waals surface area contributed by atoms with Gasteiger partial charge in [0.1, 0.15) is 11.6 Å². The zero-order chi connectivity index (χ0) is 13.7. The molecule has 1 aliphatic heterocycles. The largest absolute Gasteiger partial charge is 0.493 e. The minimum Gasteiger partial charge on any atom is -0.493 e. The number of ether oxygens (including phenoxy) is 2. The molecule has 5 heteroatoms. The average Bonchev–Trinajstić information content (AvgIpc) is 2.46. The molecule has 1 aromatic rings. The molecule has 0 atom stereocenters. The normalized spacial score (nSPS) is 16.2. The molecule has 0 bridgehead atoms. The van der Waals surface area contributed by atoms with Gasteiger partial charge in [-0.1, -0.05) is 0 Å². The number of benzene rings is 1. The highest BCUT2D eigenvalue weighted by atomic mass is 19.1. The lowest BCUT2D eigenvalue weighted by atomic mass is 9.98. The molecule has 1 aromatic carbocycles. The summed E-state index contributed by atoms with van der Waals surface area (Å²) in [6.45, 7) is 1.99. The molecule has 0 aromatic heterocycles. The SMILES string of the molecule is COC(=O)N1CCC(COc2ccc(F)cc2)CC1. The Morgan fingerprint density at radius 2 is 1.95 bits per heavy atom. The van der Waals surface area contributed by atoms with E-state index in [0.717, 1.165) is 12.8 Å². The third kappa shape index (κ3) is 3.84. The lowest BCUT2D eigenvalue weighted by Crippen LogP contribution is -2.39. The van der Waals surface area contributed by atoms with Gasteiger partial charge in [0.15, 0.2) is 0 Å². The van der Waals surface area contributed by atoms with Gasteiger partial charge >= 0.3 is 6.09 Å². The maximum atomic E-state index is 12.7. The van der Waals surface area contributed by atoms with Crippen molar-refractivity contribution in [2.45, 2.75) is 12.8 Å². The van der Waals surface area contributed by atoms with Gasteiger partial charge in [0.25, 0.3) is 0 Å². The highest BCUT2D eigenvalue weighted by Gasteiger charge is 2.23. The van der Waals surface area contributed by atoms with Crippen molar-refractivity contribution in [3.05, 3.63) is 30.1 Å². The fourth-order valence-corrected chi connectivity index (χ4v) is 2.16. The summed E-state index contributed by atoms with van der Waals surface area (Å²) in [6.07, 6.45) is 1.53. The standard InChI is InChI=1S/C14H18FNO3/c1-18-14(17)16-8-6-11(7-9-16)10-19-13-4-2-12(15)3-5-13/h2-5,11H,6-10H2,1H3. The molecule has 2 rings (SSSR count). The van der Waals surface area contributed by atoms with Crippen LogP contribution in [0.5, 0.6) is 5.75 Å². The van der Waals surface area contributed by atoms with E-state index in [-0.39, 0.29) is 11.9 Å². The first-order chi connectivity index (χ1) is 9.19. The molecule has 1 aliphatic rings. The van der Waals surface area contributed by atoms with Gasteiger partial charge in [-0.25, -0.2) is 9.18 Å². The Morgan fingerprint density at radius 3 is 2.53 bits per heavy atom. The Balaban J connectivity index is 1.74. The van der Waals surface area contributed by atoms with E-state index in [1.807, 2.05) is 0 Å². The van der Waals surface area contributed by atoms with Crippen molar-refractivity contribution in [1.82, 2.24) is 4.90 Å². The van der Waals surface area contributed by atoms with Crippen LogP contribution in [0.4, 0.5) is 9.18 Å². The van der Waals surface area contributed by atoms with Crippen molar-refractivity contribution in [2.24, 2.45) is 5.92 Å². The Kier molecular flexibility index (Phi) is 4.60. The molecule has 0 N–H and O–H groups in total. The zero-order valence-corrected chi connectivity index (χ0v) is 11.0. The van der Waals surface area contributed by atoms with E-state index >= 15 is 0 Å². The van der Waals surface area contributed by atoms with Crippen LogP contribution in [0.3, 0.4) is 0 Å². The van der Waals surface area contributed by atoms with Crippen LogP contribution in [-0.2, 0) is 4.74 Å². The van der Waals surface area contributed by atoms with Gasteiger partial charge in [-0.3, -0.25) is 0 Å². The molecule has 1 saturated heterocycles. The van der Waals surface area contributed by atoms with Crippen LogP contribution in [0.2, 0.25) is 0 Å². The van der Waals surface area contributed by atoms with Crippen LogP contribution in [-0.4, -0.2) is 37.8 Å². The van der Waals surface area contributed by atoms with E-state index in [4.69, 9.17) is 4.74 Å². The topological polar surface area (TPSA) is 38.8 Å². The Bertz CT molecular complexity index is 413. The summed E-state index contributed by atoms with van der Waals surface area (Å²) in [4.78, 5) is 13.0. The van der Waals surface area contributed by atoms with E-state index in [1.165, 1.54) is 19.2 Å². The number of likely N-dealkylation sites (tertiary alicyclic amines) is 1.